The summed E-state index contributed by atoms with van der Waals surface area (Å²) in [5.74, 6) is 1.16. The molecule has 1 aromatic heterocycles. The fourth-order valence-corrected chi connectivity index (χ4v) is 3.87. The number of halogens is 1. The van der Waals surface area contributed by atoms with Gasteiger partial charge in [-0.1, -0.05) is 23.7 Å². The van der Waals surface area contributed by atoms with Crippen LogP contribution in [0, 0.1) is 6.92 Å². The Labute approximate surface area is 197 Å². The van der Waals surface area contributed by atoms with E-state index in [0.29, 0.717) is 41.8 Å². The van der Waals surface area contributed by atoms with Gasteiger partial charge in [0.2, 0.25) is 5.89 Å². The van der Waals surface area contributed by atoms with Crippen molar-refractivity contribution >= 4 is 29.2 Å². The fraction of sp³-hybridized carbons (Fsp3) is 0.292. The first kappa shape index (κ1) is 22.8. The van der Waals surface area contributed by atoms with Gasteiger partial charge in [0.15, 0.2) is 0 Å². The van der Waals surface area contributed by atoms with Gasteiger partial charge in [-0.15, -0.1) is 0 Å². The molecule has 3 aromatic rings. The predicted octanol–water partition coefficient (Wildman–Crippen LogP) is 4.01. The van der Waals surface area contributed by atoms with Gasteiger partial charge in [-0.25, -0.2) is 9.78 Å². The molecule has 8 nitrogen and oxygen atoms in total. The third kappa shape index (κ3) is 5.35. The zero-order valence-electron chi connectivity index (χ0n) is 18.6. The van der Waals surface area contributed by atoms with Crippen LogP contribution in [-0.4, -0.2) is 59.9 Å². The molecule has 1 saturated heterocycles. The van der Waals surface area contributed by atoms with Crippen LogP contribution in [0.1, 0.15) is 21.8 Å². The number of piperazine rings is 1. The van der Waals surface area contributed by atoms with Gasteiger partial charge in [-0.2, -0.15) is 0 Å². The molecule has 0 saturated carbocycles. The second kappa shape index (κ2) is 10.1. The summed E-state index contributed by atoms with van der Waals surface area (Å²) in [5, 5.41) is 6.00. The number of benzene rings is 2. The number of nitrogens with zero attached hydrogens (tertiary/aromatic N) is 3. The van der Waals surface area contributed by atoms with Crippen LogP contribution in [0.4, 0.5) is 10.5 Å². The third-order valence-corrected chi connectivity index (χ3v) is 5.99. The zero-order valence-corrected chi connectivity index (χ0v) is 19.4. The Morgan fingerprint density at radius 3 is 2.42 bits per heavy atom. The molecule has 0 aliphatic carbocycles. The van der Waals surface area contributed by atoms with Gasteiger partial charge in [-0.05, 0) is 43.3 Å². The van der Waals surface area contributed by atoms with Crippen molar-refractivity contribution < 1.29 is 14.0 Å². The van der Waals surface area contributed by atoms with E-state index < -0.39 is 0 Å². The van der Waals surface area contributed by atoms with E-state index in [9.17, 15) is 9.59 Å². The van der Waals surface area contributed by atoms with E-state index in [4.69, 9.17) is 16.0 Å². The van der Waals surface area contributed by atoms with Crippen molar-refractivity contribution in [1.29, 1.82) is 0 Å². The molecule has 0 radical (unpaired) electrons. The van der Waals surface area contributed by atoms with Crippen molar-refractivity contribution in [1.82, 2.24) is 20.1 Å². The summed E-state index contributed by atoms with van der Waals surface area (Å²) in [7, 11) is 1.60. The van der Waals surface area contributed by atoms with Crippen LogP contribution in [-0.2, 0) is 6.54 Å². The summed E-state index contributed by atoms with van der Waals surface area (Å²) >= 11 is 6.13. The number of aromatic nitrogens is 1. The predicted molar refractivity (Wildman–Crippen MR) is 127 cm³/mol. The van der Waals surface area contributed by atoms with Gasteiger partial charge in [0.05, 0.1) is 16.4 Å². The van der Waals surface area contributed by atoms with E-state index >= 15 is 0 Å². The molecule has 33 heavy (non-hydrogen) atoms. The van der Waals surface area contributed by atoms with Crippen molar-refractivity contribution in [2.75, 3.05) is 38.5 Å². The molecule has 0 unspecified atom stereocenters. The van der Waals surface area contributed by atoms with Gasteiger partial charge in [0.25, 0.3) is 5.91 Å². The number of carbonyl (C=O) groups excluding carboxylic acids is 2. The molecule has 0 bridgehead atoms. The minimum atomic E-state index is -0.150. The lowest BCUT2D eigenvalue weighted by atomic mass is 10.1. The van der Waals surface area contributed by atoms with Crippen LogP contribution in [0.15, 0.2) is 52.9 Å². The van der Waals surface area contributed by atoms with Gasteiger partial charge in [0, 0.05) is 50.9 Å². The first-order valence-corrected chi connectivity index (χ1v) is 11.1. The van der Waals surface area contributed by atoms with Gasteiger partial charge in [-0.3, -0.25) is 9.69 Å². The largest absolute Gasteiger partial charge is 0.441 e. The minimum Gasteiger partial charge on any atom is -0.441 e. The molecule has 4 rings (SSSR count). The fourth-order valence-electron chi connectivity index (χ4n) is 3.68. The van der Waals surface area contributed by atoms with Crippen LogP contribution in [0.5, 0.6) is 0 Å². The van der Waals surface area contributed by atoms with Crippen LogP contribution in [0.3, 0.4) is 0 Å². The molecule has 2 heterocycles. The highest BCUT2D eigenvalue weighted by Gasteiger charge is 2.23. The summed E-state index contributed by atoms with van der Waals surface area (Å²) in [6.07, 6.45) is 0. The van der Waals surface area contributed by atoms with Crippen molar-refractivity contribution in [3.8, 4) is 11.5 Å². The van der Waals surface area contributed by atoms with E-state index in [1.54, 1.807) is 36.2 Å². The number of rotatable bonds is 5. The standard InChI is InChI=1S/C24H26ClN5O3/c1-16-21(27-23(33-16)18-9-7-17(8-10-18)22(31)26-2)15-29-11-13-30(14-12-29)24(32)28-20-6-4-3-5-19(20)25/h3-10H,11-15H2,1-2H3,(H,26,31)(H,28,32). The number of para-hydroxylation sites is 1. The molecule has 2 aromatic carbocycles. The minimum absolute atomic E-state index is 0.134. The van der Waals surface area contributed by atoms with Crippen LogP contribution >= 0.6 is 11.6 Å². The second-order valence-electron chi connectivity index (χ2n) is 7.85. The Morgan fingerprint density at radius 2 is 1.76 bits per heavy atom. The Morgan fingerprint density at radius 1 is 1.06 bits per heavy atom. The summed E-state index contributed by atoms with van der Waals surface area (Å²) in [4.78, 5) is 33.0. The maximum absolute atomic E-state index is 12.6. The highest BCUT2D eigenvalue weighted by Crippen LogP contribution is 2.24. The second-order valence-corrected chi connectivity index (χ2v) is 8.26. The highest BCUT2D eigenvalue weighted by atomic mass is 35.5. The zero-order chi connectivity index (χ0) is 23.4. The Hall–Kier alpha value is -3.36. The van der Waals surface area contributed by atoms with Crippen LogP contribution < -0.4 is 10.6 Å². The number of hydrogen-bond donors (Lipinski definition) is 2. The first-order valence-electron chi connectivity index (χ1n) is 10.8. The van der Waals surface area contributed by atoms with E-state index in [-0.39, 0.29) is 11.9 Å². The lowest BCUT2D eigenvalue weighted by Gasteiger charge is -2.34. The first-order chi connectivity index (χ1) is 15.9. The Bertz CT molecular complexity index is 1140. The average Bonchev–Trinajstić information content (AvgIpc) is 3.20. The molecular formula is C24H26ClN5O3. The maximum atomic E-state index is 12.6. The normalized spacial score (nSPS) is 14.2. The number of nitrogens with one attached hydrogen (secondary N) is 2. The number of hydrogen-bond acceptors (Lipinski definition) is 5. The summed E-state index contributed by atoms with van der Waals surface area (Å²) in [5.41, 5.74) is 2.88. The van der Waals surface area contributed by atoms with E-state index in [2.05, 4.69) is 20.5 Å². The van der Waals surface area contributed by atoms with Crippen molar-refractivity contribution in [3.05, 3.63) is 70.6 Å². The molecule has 1 fully saturated rings. The summed E-state index contributed by atoms with van der Waals surface area (Å²) in [6, 6.07) is 14.2. The Kier molecular flexibility index (Phi) is 6.96. The molecule has 0 atom stereocenters. The Balaban J connectivity index is 1.33. The molecular weight excluding hydrogens is 442 g/mol. The molecule has 3 amide bonds. The molecule has 9 heteroatoms. The SMILES string of the molecule is CNC(=O)c1ccc(-c2nc(CN3CCN(C(=O)Nc4ccccc4Cl)CC3)c(C)o2)cc1. The van der Waals surface area contributed by atoms with Crippen molar-refractivity contribution in [3.63, 3.8) is 0 Å². The van der Waals surface area contributed by atoms with E-state index in [1.807, 2.05) is 31.2 Å². The number of urea groups is 1. The van der Waals surface area contributed by atoms with E-state index in [0.717, 1.165) is 30.1 Å². The lowest BCUT2D eigenvalue weighted by molar-refractivity contribution is 0.0963. The topological polar surface area (TPSA) is 90.7 Å². The van der Waals surface area contributed by atoms with Crippen LogP contribution in [0.2, 0.25) is 5.02 Å². The summed E-state index contributed by atoms with van der Waals surface area (Å²) < 4.78 is 5.88. The lowest BCUT2D eigenvalue weighted by Crippen LogP contribution is -2.49. The smallest absolute Gasteiger partial charge is 0.321 e. The third-order valence-electron chi connectivity index (χ3n) is 5.66. The number of aryl methyl sites for hydroxylation is 1. The average molecular weight is 468 g/mol. The van der Waals surface area contributed by atoms with Crippen LogP contribution in [0.25, 0.3) is 11.5 Å². The van der Waals surface area contributed by atoms with Crippen molar-refractivity contribution in [2.24, 2.45) is 0 Å². The number of amides is 3. The molecule has 172 valence electrons. The quantitative estimate of drug-likeness (QED) is 0.591. The molecule has 1 aliphatic rings. The molecule has 0 spiro atoms. The van der Waals surface area contributed by atoms with Gasteiger partial charge >= 0.3 is 6.03 Å². The number of carbonyl (C=O) groups is 2. The maximum Gasteiger partial charge on any atom is 0.321 e. The highest BCUT2D eigenvalue weighted by molar-refractivity contribution is 6.33. The van der Waals surface area contributed by atoms with Gasteiger partial charge in [0.1, 0.15) is 5.76 Å². The number of anilines is 1. The summed E-state index contributed by atoms with van der Waals surface area (Å²) in [6.45, 7) is 5.24. The molecule has 1 aliphatic heterocycles. The van der Waals surface area contributed by atoms with Gasteiger partial charge < -0.3 is 20.0 Å². The monoisotopic (exact) mass is 467 g/mol. The number of oxazole rings is 1. The molecule has 2 N–H and O–H groups in total. The van der Waals surface area contributed by atoms with Crippen molar-refractivity contribution in [2.45, 2.75) is 13.5 Å². The van der Waals surface area contributed by atoms with E-state index in [1.165, 1.54) is 0 Å².